The summed E-state index contributed by atoms with van der Waals surface area (Å²) < 4.78 is 61.5. The Kier molecular flexibility index (Phi) is 11.6. The molecule has 0 aromatic heterocycles. The van der Waals surface area contributed by atoms with Crippen LogP contribution in [0.25, 0.3) is 0 Å². The number of benzene rings is 1. The third-order valence-electron chi connectivity index (χ3n) is 9.26. The molecule has 0 atom stereocenters. The molecule has 0 bridgehead atoms. The molecule has 224 valence electrons. The Balaban J connectivity index is 1.21. The third kappa shape index (κ3) is 8.61. The summed E-state index contributed by atoms with van der Waals surface area (Å²) in [4.78, 5) is 0. The van der Waals surface area contributed by atoms with Crippen LogP contribution in [0.1, 0.15) is 97.0 Å². The molecular formula is C34H49F3O3. The number of hydrogen-bond donors (Lipinski definition) is 0. The molecule has 3 aliphatic rings. The van der Waals surface area contributed by atoms with Crippen molar-refractivity contribution in [2.45, 2.75) is 110 Å². The van der Waals surface area contributed by atoms with E-state index >= 15 is 0 Å². The number of ether oxygens (including phenoxy) is 3. The number of halogens is 3. The molecule has 0 radical (unpaired) electrons. The van der Waals surface area contributed by atoms with E-state index in [1.807, 2.05) is 6.92 Å². The van der Waals surface area contributed by atoms with Crippen molar-refractivity contribution in [2.24, 2.45) is 29.6 Å². The summed E-state index contributed by atoms with van der Waals surface area (Å²) in [5.41, 5.74) is 1.59. The highest BCUT2D eigenvalue weighted by atomic mass is 19.3. The van der Waals surface area contributed by atoms with Crippen LogP contribution in [0.5, 0.6) is 5.75 Å². The molecule has 1 heterocycles. The molecule has 6 heteroatoms. The Labute approximate surface area is 239 Å². The Morgan fingerprint density at radius 2 is 1.68 bits per heavy atom. The first-order chi connectivity index (χ1) is 19.3. The van der Waals surface area contributed by atoms with Crippen LogP contribution in [-0.4, -0.2) is 25.6 Å². The van der Waals surface area contributed by atoms with Crippen molar-refractivity contribution >= 4 is 0 Å². The van der Waals surface area contributed by atoms with Crippen LogP contribution in [0.3, 0.4) is 0 Å². The normalized spacial score (nSPS) is 30.5. The zero-order chi connectivity index (χ0) is 28.5. The lowest BCUT2D eigenvalue weighted by Gasteiger charge is -2.37. The van der Waals surface area contributed by atoms with Gasteiger partial charge in [-0.3, -0.25) is 0 Å². The van der Waals surface area contributed by atoms with Gasteiger partial charge in [-0.2, -0.15) is 8.78 Å². The monoisotopic (exact) mass is 562 g/mol. The van der Waals surface area contributed by atoms with Gasteiger partial charge in [-0.25, -0.2) is 4.39 Å². The van der Waals surface area contributed by atoms with E-state index in [-0.39, 0.29) is 12.0 Å². The third-order valence-corrected chi connectivity index (χ3v) is 9.26. The molecule has 40 heavy (non-hydrogen) atoms. The zero-order valence-corrected chi connectivity index (χ0v) is 24.7. The predicted octanol–water partition coefficient (Wildman–Crippen LogP) is 9.65. The summed E-state index contributed by atoms with van der Waals surface area (Å²) in [6.45, 7) is 7.93. The van der Waals surface area contributed by atoms with Gasteiger partial charge in [0.2, 0.25) is 0 Å². The SMILES string of the molecule is CC/C=C(\C=C/CC1CCC(C(F)(F)Oc2ccc(CCC)c(F)c2)CC1)C1OCC(C2CCC(C)CC2)CO1. The Morgan fingerprint density at radius 3 is 2.30 bits per heavy atom. The van der Waals surface area contributed by atoms with E-state index in [9.17, 15) is 13.2 Å². The fourth-order valence-corrected chi connectivity index (χ4v) is 6.65. The lowest BCUT2D eigenvalue weighted by atomic mass is 9.76. The fraction of sp³-hybridized carbons (Fsp3) is 0.706. The molecule has 0 spiro atoms. The van der Waals surface area contributed by atoms with Crippen molar-refractivity contribution in [3.8, 4) is 5.75 Å². The second kappa shape index (κ2) is 14.9. The molecule has 1 aliphatic heterocycles. The Bertz CT molecular complexity index is 967. The second-order valence-corrected chi connectivity index (χ2v) is 12.4. The average molecular weight is 563 g/mol. The van der Waals surface area contributed by atoms with Gasteiger partial charge in [-0.15, -0.1) is 0 Å². The van der Waals surface area contributed by atoms with Gasteiger partial charge in [0, 0.05) is 17.6 Å². The van der Waals surface area contributed by atoms with Crippen LogP contribution in [0, 0.1) is 35.4 Å². The molecule has 0 amide bonds. The number of aryl methyl sites for hydroxylation is 1. The fourth-order valence-electron chi connectivity index (χ4n) is 6.65. The van der Waals surface area contributed by atoms with Crippen LogP contribution >= 0.6 is 0 Å². The Morgan fingerprint density at radius 1 is 0.975 bits per heavy atom. The van der Waals surface area contributed by atoms with E-state index in [0.717, 1.165) is 62.9 Å². The van der Waals surface area contributed by atoms with Crippen LogP contribution in [-0.2, 0) is 15.9 Å². The maximum absolute atomic E-state index is 14.9. The van der Waals surface area contributed by atoms with Gasteiger partial charge in [0.15, 0.2) is 6.29 Å². The second-order valence-electron chi connectivity index (χ2n) is 12.4. The minimum Gasteiger partial charge on any atom is -0.432 e. The number of allylic oxidation sites excluding steroid dienone is 2. The van der Waals surface area contributed by atoms with Gasteiger partial charge in [-0.1, -0.05) is 64.3 Å². The summed E-state index contributed by atoms with van der Waals surface area (Å²) in [5, 5.41) is 0. The van der Waals surface area contributed by atoms with E-state index < -0.39 is 17.8 Å². The summed E-state index contributed by atoms with van der Waals surface area (Å²) in [7, 11) is 0. The lowest BCUT2D eigenvalue weighted by molar-refractivity contribution is -0.223. The summed E-state index contributed by atoms with van der Waals surface area (Å²) in [6, 6.07) is 4.09. The highest BCUT2D eigenvalue weighted by molar-refractivity contribution is 5.29. The largest absolute Gasteiger partial charge is 0.432 e. The molecular weight excluding hydrogens is 513 g/mol. The summed E-state index contributed by atoms with van der Waals surface area (Å²) >= 11 is 0. The first kappa shape index (κ1) is 31.2. The van der Waals surface area contributed by atoms with Gasteiger partial charge < -0.3 is 14.2 Å². The minimum absolute atomic E-state index is 0.102. The first-order valence-electron chi connectivity index (χ1n) is 15.7. The van der Waals surface area contributed by atoms with E-state index in [1.54, 1.807) is 6.07 Å². The van der Waals surface area contributed by atoms with E-state index in [2.05, 4.69) is 32.1 Å². The molecule has 1 aromatic carbocycles. The molecule has 2 saturated carbocycles. The van der Waals surface area contributed by atoms with Crippen LogP contribution in [0.15, 0.2) is 42.0 Å². The molecule has 1 aromatic rings. The maximum Gasteiger partial charge on any atom is 0.400 e. The highest BCUT2D eigenvalue weighted by Crippen LogP contribution is 2.41. The highest BCUT2D eigenvalue weighted by Gasteiger charge is 2.44. The number of alkyl halides is 2. The zero-order valence-electron chi connectivity index (χ0n) is 24.7. The minimum atomic E-state index is -3.31. The standard InChI is InChI=1S/C34H49F3O3/c1-4-7-27-17-20-31(21-32(27)35)40-34(36,37)30-18-13-25(14-19-30)9-6-10-28(8-5-2)33-38-22-29(23-39-33)26-15-11-24(3)12-16-26/h6,8,10,17,20-21,24-26,29-30,33H,4-5,7,9,11-16,18-19,22-23H2,1-3H3/b10-6-,28-8+. The van der Waals surface area contributed by atoms with Crippen molar-refractivity contribution in [1.82, 2.24) is 0 Å². The van der Waals surface area contributed by atoms with Crippen molar-refractivity contribution in [3.05, 3.63) is 53.4 Å². The molecule has 0 N–H and O–H groups in total. The smallest absolute Gasteiger partial charge is 0.400 e. The van der Waals surface area contributed by atoms with Crippen molar-refractivity contribution in [1.29, 1.82) is 0 Å². The molecule has 3 nitrogen and oxygen atoms in total. The summed E-state index contributed by atoms with van der Waals surface area (Å²) in [5.74, 6) is 0.977. The summed E-state index contributed by atoms with van der Waals surface area (Å²) in [6.07, 6.45) is 13.4. The van der Waals surface area contributed by atoms with Gasteiger partial charge >= 0.3 is 6.11 Å². The van der Waals surface area contributed by atoms with Crippen LogP contribution in [0.2, 0.25) is 0 Å². The van der Waals surface area contributed by atoms with Crippen molar-refractivity contribution < 1.29 is 27.4 Å². The average Bonchev–Trinajstić information content (AvgIpc) is 2.95. The first-order valence-corrected chi connectivity index (χ1v) is 15.7. The quantitative estimate of drug-likeness (QED) is 0.251. The lowest BCUT2D eigenvalue weighted by Crippen LogP contribution is -2.37. The van der Waals surface area contributed by atoms with Gasteiger partial charge in [0.05, 0.1) is 19.1 Å². The Hall–Kier alpha value is -1.79. The number of hydrogen-bond acceptors (Lipinski definition) is 3. The van der Waals surface area contributed by atoms with Crippen LogP contribution in [0.4, 0.5) is 13.2 Å². The molecule has 4 rings (SSSR count). The van der Waals surface area contributed by atoms with Gasteiger partial charge in [0.1, 0.15) is 11.6 Å². The molecule has 2 aliphatic carbocycles. The number of rotatable bonds is 11. The topological polar surface area (TPSA) is 27.7 Å². The predicted molar refractivity (Wildman–Crippen MR) is 154 cm³/mol. The molecule has 0 unspecified atom stereocenters. The maximum atomic E-state index is 14.9. The van der Waals surface area contributed by atoms with E-state index in [1.165, 1.54) is 31.7 Å². The van der Waals surface area contributed by atoms with Crippen molar-refractivity contribution in [2.75, 3.05) is 13.2 Å². The van der Waals surface area contributed by atoms with Crippen molar-refractivity contribution in [3.63, 3.8) is 0 Å². The molecule has 3 fully saturated rings. The molecule has 1 saturated heterocycles. The van der Waals surface area contributed by atoms with E-state index in [0.29, 0.717) is 42.6 Å². The van der Waals surface area contributed by atoms with Crippen LogP contribution < -0.4 is 4.74 Å². The van der Waals surface area contributed by atoms with E-state index in [4.69, 9.17) is 14.2 Å². The van der Waals surface area contributed by atoms with Gasteiger partial charge in [-0.05, 0) is 87.2 Å². The van der Waals surface area contributed by atoms with Gasteiger partial charge in [0.25, 0.3) is 0 Å².